The first-order valence-electron chi connectivity index (χ1n) is 9.65. The third kappa shape index (κ3) is 6.22. The van der Waals surface area contributed by atoms with Crippen molar-refractivity contribution in [3.8, 4) is 5.88 Å². The number of nitrogens with two attached hydrogens (primary N) is 1. The highest BCUT2D eigenvalue weighted by Gasteiger charge is 2.43. The van der Waals surface area contributed by atoms with Gasteiger partial charge in [0.05, 0.1) is 21.2 Å². The van der Waals surface area contributed by atoms with E-state index in [2.05, 4.69) is 20.3 Å². The highest BCUT2D eigenvalue weighted by atomic mass is 35.5. The molecule has 0 radical (unpaired) electrons. The van der Waals surface area contributed by atoms with Crippen LogP contribution in [0, 0.1) is 0 Å². The van der Waals surface area contributed by atoms with Crippen LogP contribution in [0.15, 0.2) is 18.2 Å². The van der Waals surface area contributed by atoms with Crippen LogP contribution in [0.4, 0.5) is 33.6 Å². The minimum Gasteiger partial charge on any atom is -0.471 e. The summed E-state index contributed by atoms with van der Waals surface area (Å²) in [6, 6.07) is 3.85. The van der Waals surface area contributed by atoms with Crippen molar-refractivity contribution in [3.05, 3.63) is 39.4 Å². The molecule has 2 aromatic heterocycles. The normalized spacial score (nSPS) is 12.6. The molecule has 0 aliphatic rings. The molecule has 1 unspecified atom stereocenters. The number of primary amides is 1. The monoisotopic (exact) mass is 556 g/mol. The summed E-state index contributed by atoms with van der Waals surface area (Å²) in [6.45, 7) is -1.52. The van der Waals surface area contributed by atoms with Gasteiger partial charge in [0.2, 0.25) is 17.9 Å². The van der Waals surface area contributed by atoms with Gasteiger partial charge >= 0.3 is 6.18 Å². The van der Waals surface area contributed by atoms with Gasteiger partial charge in [0, 0.05) is 6.54 Å². The molecule has 17 heteroatoms. The minimum atomic E-state index is -5.14. The number of nitrogens with zero attached hydrogens (tertiary/aromatic N) is 2. The van der Waals surface area contributed by atoms with E-state index in [-0.39, 0.29) is 44.0 Å². The first-order valence-corrected chi connectivity index (χ1v) is 10.4. The lowest BCUT2D eigenvalue weighted by Crippen LogP contribution is -2.43. The SMILES string of the molecule is NC(=O)c1cc2[nH]c(Nc3c(Cl)ccc(CNC(=O)C(O)C(F)(F)F)c3Cl)nc2nc1OCC(F)F. The number of halogens is 7. The Kier molecular flexibility index (Phi) is 8.05. The van der Waals surface area contributed by atoms with Gasteiger partial charge in [-0.15, -0.1) is 0 Å². The quantitative estimate of drug-likeness (QED) is 0.253. The maximum atomic E-state index is 12.5. The van der Waals surface area contributed by atoms with Crippen LogP contribution >= 0.6 is 23.2 Å². The number of carbonyl (C=O) groups excluding carboxylic acids is 2. The van der Waals surface area contributed by atoms with Crippen molar-refractivity contribution in [3.63, 3.8) is 0 Å². The molecule has 194 valence electrons. The number of aromatic amines is 1. The highest BCUT2D eigenvalue weighted by molar-refractivity contribution is 6.39. The van der Waals surface area contributed by atoms with E-state index in [4.69, 9.17) is 38.8 Å². The molecule has 1 atom stereocenters. The number of hydrogen-bond donors (Lipinski definition) is 5. The van der Waals surface area contributed by atoms with Gasteiger partial charge in [0.1, 0.15) is 5.56 Å². The van der Waals surface area contributed by atoms with Gasteiger partial charge in [0.25, 0.3) is 18.2 Å². The van der Waals surface area contributed by atoms with Crippen molar-refractivity contribution in [1.29, 1.82) is 0 Å². The van der Waals surface area contributed by atoms with Crippen molar-refractivity contribution in [2.45, 2.75) is 25.3 Å². The molecule has 0 saturated heterocycles. The second-order valence-corrected chi connectivity index (χ2v) is 7.83. The fourth-order valence-electron chi connectivity index (χ4n) is 2.81. The first-order chi connectivity index (χ1) is 16.8. The zero-order valence-electron chi connectivity index (χ0n) is 17.6. The van der Waals surface area contributed by atoms with Gasteiger partial charge in [-0.1, -0.05) is 29.3 Å². The summed E-state index contributed by atoms with van der Waals surface area (Å²) < 4.78 is 67.3. The van der Waals surface area contributed by atoms with Gasteiger partial charge in [0.15, 0.2) is 12.3 Å². The van der Waals surface area contributed by atoms with Crippen LogP contribution in [0.1, 0.15) is 15.9 Å². The Bertz CT molecular complexity index is 1300. The van der Waals surface area contributed by atoms with Crippen LogP contribution in [0.25, 0.3) is 11.2 Å². The number of anilines is 2. The number of benzene rings is 1. The number of rotatable bonds is 9. The zero-order valence-corrected chi connectivity index (χ0v) is 19.1. The summed E-state index contributed by atoms with van der Waals surface area (Å²) in [6.07, 6.45) is -11.2. The fourth-order valence-corrected chi connectivity index (χ4v) is 3.34. The van der Waals surface area contributed by atoms with E-state index in [0.717, 1.165) is 0 Å². The van der Waals surface area contributed by atoms with Crippen molar-refractivity contribution in [2.24, 2.45) is 5.73 Å². The number of fused-ring (bicyclic) bond motifs is 1. The third-order valence-corrected chi connectivity index (χ3v) is 5.22. The molecule has 3 rings (SSSR count). The number of nitrogens with one attached hydrogen (secondary N) is 3. The Morgan fingerprint density at radius 1 is 1.22 bits per heavy atom. The number of alkyl halides is 5. The van der Waals surface area contributed by atoms with E-state index in [1.54, 1.807) is 0 Å². The lowest BCUT2D eigenvalue weighted by molar-refractivity contribution is -0.205. The summed E-state index contributed by atoms with van der Waals surface area (Å²) >= 11 is 12.4. The number of aliphatic hydroxyl groups excluding tert-OH is 1. The summed E-state index contributed by atoms with van der Waals surface area (Å²) in [7, 11) is 0. The van der Waals surface area contributed by atoms with E-state index in [1.807, 2.05) is 5.32 Å². The van der Waals surface area contributed by atoms with E-state index in [1.165, 1.54) is 18.2 Å². The van der Waals surface area contributed by atoms with Crippen LogP contribution in [0.3, 0.4) is 0 Å². The molecular formula is C19H15Cl2F5N6O4. The van der Waals surface area contributed by atoms with Gasteiger partial charge < -0.3 is 31.2 Å². The highest BCUT2D eigenvalue weighted by Crippen LogP contribution is 2.35. The largest absolute Gasteiger partial charge is 0.471 e. The molecular weight excluding hydrogens is 542 g/mol. The Morgan fingerprint density at radius 2 is 1.92 bits per heavy atom. The fraction of sp³-hybridized carbons (Fsp3) is 0.263. The van der Waals surface area contributed by atoms with Crippen LogP contribution in [-0.2, 0) is 11.3 Å². The maximum Gasteiger partial charge on any atom is 0.423 e. The number of imidazole rings is 1. The molecule has 1 aromatic carbocycles. The number of carbonyl (C=O) groups is 2. The molecule has 36 heavy (non-hydrogen) atoms. The van der Waals surface area contributed by atoms with E-state index in [0.29, 0.717) is 0 Å². The van der Waals surface area contributed by atoms with Gasteiger partial charge in [-0.25, -0.2) is 8.78 Å². The van der Waals surface area contributed by atoms with E-state index >= 15 is 0 Å². The van der Waals surface area contributed by atoms with E-state index < -0.39 is 49.6 Å². The van der Waals surface area contributed by atoms with Crippen LogP contribution in [0.5, 0.6) is 5.88 Å². The standard InChI is InChI=1S/C19H15Cl2F5N6O4/c20-8-2-1-6(4-28-16(35)13(33)19(24,25)26)11(21)12(8)30-18-29-9-3-7(14(27)34)17(31-15(9)32-18)36-5-10(22)23/h1-3,10,13,33H,4-5H2,(H2,27,34)(H,28,35)(H2,29,30,31,32). The van der Waals surface area contributed by atoms with Crippen molar-refractivity contribution >= 4 is 57.8 Å². The molecule has 2 heterocycles. The molecule has 0 spiro atoms. The molecule has 0 saturated carbocycles. The van der Waals surface area contributed by atoms with Crippen molar-refractivity contribution in [1.82, 2.24) is 20.3 Å². The molecule has 0 aliphatic carbocycles. The van der Waals surface area contributed by atoms with Gasteiger partial charge in [-0.2, -0.15) is 23.1 Å². The Labute approximate surface area is 207 Å². The van der Waals surface area contributed by atoms with Crippen molar-refractivity contribution < 1.29 is 41.4 Å². The number of pyridine rings is 1. The summed E-state index contributed by atoms with van der Waals surface area (Å²) in [5.41, 5.74) is 5.25. The predicted molar refractivity (Wildman–Crippen MR) is 118 cm³/mol. The molecule has 0 aliphatic heterocycles. The Balaban J connectivity index is 1.86. The van der Waals surface area contributed by atoms with E-state index in [9.17, 15) is 31.5 Å². The Morgan fingerprint density at radius 3 is 2.53 bits per heavy atom. The predicted octanol–water partition coefficient (Wildman–Crippen LogP) is 3.29. The average molecular weight is 557 g/mol. The first kappa shape index (κ1) is 27.2. The number of amides is 2. The third-order valence-electron chi connectivity index (χ3n) is 4.48. The van der Waals surface area contributed by atoms with Crippen LogP contribution < -0.4 is 21.1 Å². The van der Waals surface area contributed by atoms with Gasteiger partial charge in [-0.3, -0.25) is 9.59 Å². The summed E-state index contributed by atoms with van der Waals surface area (Å²) in [5, 5.41) is 13.6. The summed E-state index contributed by atoms with van der Waals surface area (Å²) in [4.78, 5) is 33.9. The van der Waals surface area contributed by atoms with Crippen molar-refractivity contribution in [2.75, 3.05) is 11.9 Å². The zero-order chi connectivity index (χ0) is 26.8. The Hall–Kier alpha value is -3.43. The molecule has 0 fully saturated rings. The number of H-pyrrole nitrogens is 1. The second kappa shape index (κ2) is 10.7. The number of hydrogen-bond acceptors (Lipinski definition) is 7. The average Bonchev–Trinajstić information content (AvgIpc) is 3.19. The number of aliphatic hydroxyl groups is 1. The molecule has 2 amide bonds. The van der Waals surface area contributed by atoms with Crippen LogP contribution in [-0.4, -0.2) is 57.2 Å². The molecule has 10 nitrogen and oxygen atoms in total. The number of aromatic nitrogens is 3. The van der Waals surface area contributed by atoms with Gasteiger partial charge in [-0.05, 0) is 17.7 Å². The topological polar surface area (TPSA) is 155 Å². The summed E-state index contributed by atoms with van der Waals surface area (Å²) in [5.74, 6) is -3.16. The smallest absolute Gasteiger partial charge is 0.423 e. The minimum absolute atomic E-state index is 0.0311. The lowest BCUT2D eigenvalue weighted by atomic mass is 10.2. The molecule has 3 aromatic rings. The maximum absolute atomic E-state index is 12.5. The second-order valence-electron chi connectivity index (χ2n) is 7.05. The molecule has 0 bridgehead atoms. The number of ether oxygens (including phenoxy) is 1. The molecule has 6 N–H and O–H groups in total. The van der Waals surface area contributed by atoms with Crippen LogP contribution in [0.2, 0.25) is 10.0 Å². The lowest BCUT2D eigenvalue weighted by Gasteiger charge is -2.16.